The molecule has 0 bridgehead atoms. The highest BCUT2D eigenvalue weighted by Crippen LogP contribution is 1.97. The first-order chi connectivity index (χ1) is 4.57. The molecular weight excluding hydrogens is 167 g/mol. The zero-order valence-electron chi connectivity index (χ0n) is 4.90. The van der Waals surface area contributed by atoms with Crippen molar-refractivity contribution in [2.75, 3.05) is 7.11 Å². The fraction of sp³-hybridized carbons (Fsp3) is 0.667. The van der Waals surface area contributed by atoms with Gasteiger partial charge in [0.05, 0.1) is 18.5 Å². The van der Waals surface area contributed by atoms with Crippen LogP contribution in [0.4, 0.5) is 4.39 Å². The molecule has 0 radical (unpaired) electrons. The number of rotatable bonds is 3. The van der Waals surface area contributed by atoms with Crippen molar-refractivity contribution in [3.05, 3.63) is 0 Å². The maximum absolute atomic E-state index is 12.0. The second-order valence-corrected chi connectivity index (χ2v) is 1.74. The number of carbonyl (C=O) groups excluding carboxylic acids is 1. The third-order valence-corrected chi connectivity index (χ3v) is 0.876. The number of carbonyl (C=O) groups is 1. The fourth-order valence-corrected chi connectivity index (χ4v) is 0.417. The zero-order valence-corrected chi connectivity index (χ0v) is 5.72. The van der Waals surface area contributed by atoms with E-state index in [4.69, 9.17) is 0 Å². The van der Waals surface area contributed by atoms with Gasteiger partial charge in [-0.05, 0) is 0 Å². The van der Waals surface area contributed by atoms with Crippen molar-refractivity contribution >= 4 is 17.3 Å². The maximum atomic E-state index is 12.0. The predicted molar refractivity (Wildman–Crippen MR) is 26.9 cm³/mol. The molecule has 2 unspecified atom stereocenters. The zero-order chi connectivity index (χ0) is 8.15. The van der Waals surface area contributed by atoms with Crippen molar-refractivity contribution in [1.82, 2.24) is 0 Å². The van der Waals surface area contributed by atoms with Crippen molar-refractivity contribution in [3.63, 3.8) is 0 Å². The van der Waals surface area contributed by atoms with Gasteiger partial charge < -0.3 is 9.29 Å². The lowest BCUT2D eigenvalue weighted by atomic mass is 10.7. The minimum Gasteiger partial charge on any atom is -0.750 e. The summed E-state index contributed by atoms with van der Waals surface area (Å²) in [5.41, 5.74) is 0. The quantitative estimate of drug-likeness (QED) is 0.413. The van der Waals surface area contributed by atoms with E-state index in [9.17, 15) is 17.9 Å². The van der Waals surface area contributed by atoms with Crippen LogP contribution >= 0.6 is 0 Å². The Kier molecular flexibility index (Phi) is 4.08. The lowest BCUT2D eigenvalue weighted by molar-refractivity contribution is -0.156. The van der Waals surface area contributed by atoms with Crippen LogP contribution in [0.2, 0.25) is 0 Å². The van der Waals surface area contributed by atoms with Crippen LogP contribution in [0.15, 0.2) is 0 Å². The first kappa shape index (κ1) is 9.47. The van der Waals surface area contributed by atoms with Crippen molar-refractivity contribution in [2.45, 2.75) is 6.36 Å². The molecule has 0 saturated heterocycles. The molecule has 5 nitrogen and oxygen atoms in total. The summed E-state index contributed by atoms with van der Waals surface area (Å²) in [6, 6.07) is 0. The van der Waals surface area contributed by atoms with Crippen molar-refractivity contribution in [1.29, 1.82) is 0 Å². The summed E-state index contributed by atoms with van der Waals surface area (Å²) in [5, 5.41) is 0. The van der Waals surface area contributed by atoms with Gasteiger partial charge in [-0.25, -0.2) is 13.4 Å². The van der Waals surface area contributed by atoms with E-state index in [0.29, 0.717) is 0 Å². The topological polar surface area (TPSA) is 75.7 Å². The molecule has 0 aliphatic carbocycles. The van der Waals surface area contributed by atoms with Crippen LogP contribution in [0.25, 0.3) is 0 Å². The van der Waals surface area contributed by atoms with Crippen LogP contribution < -0.4 is 0 Å². The average Bonchev–Trinajstić information content (AvgIpc) is 1.85. The van der Waals surface area contributed by atoms with Crippen LogP contribution in [0.1, 0.15) is 0 Å². The number of ether oxygens (including phenoxy) is 1. The van der Waals surface area contributed by atoms with Gasteiger partial charge in [0.25, 0.3) is 0 Å². The molecule has 0 fully saturated rings. The first-order valence-corrected chi connectivity index (χ1v) is 3.06. The second-order valence-electron chi connectivity index (χ2n) is 1.14. The molecule has 0 saturated carbocycles. The van der Waals surface area contributed by atoms with Gasteiger partial charge in [-0.3, -0.25) is 4.18 Å². The molecule has 2 atom stereocenters. The van der Waals surface area contributed by atoms with Gasteiger partial charge in [0.15, 0.2) is 0 Å². The van der Waals surface area contributed by atoms with E-state index in [1.54, 1.807) is 0 Å². The summed E-state index contributed by atoms with van der Waals surface area (Å²) in [4.78, 5) is 10.1. The minimum absolute atomic E-state index is 0.909. The van der Waals surface area contributed by atoms with E-state index in [2.05, 4.69) is 8.92 Å². The summed E-state index contributed by atoms with van der Waals surface area (Å²) in [6.07, 6.45) is -2.57. The van der Waals surface area contributed by atoms with Crippen molar-refractivity contribution in [2.24, 2.45) is 0 Å². The molecule has 0 N–H and O–H groups in total. The van der Waals surface area contributed by atoms with Crippen LogP contribution in [-0.2, 0) is 25.1 Å². The Bertz CT molecular complexity index is 148. The fourth-order valence-electron chi connectivity index (χ4n) is 0.201. The van der Waals surface area contributed by atoms with Crippen molar-refractivity contribution in [3.8, 4) is 0 Å². The van der Waals surface area contributed by atoms with E-state index in [1.165, 1.54) is 0 Å². The van der Waals surface area contributed by atoms with Crippen molar-refractivity contribution < 1.29 is 26.9 Å². The van der Waals surface area contributed by atoms with E-state index in [-0.39, 0.29) is 0 Å². The SMILES string of the molecule is COC(=O)C(F)OS(=O)[O-]. The van der Waals surface area contributed by atoms with Gasteiger partial charge in [-0.1, -0.05) is 0 Å². The number of methoxy groups -OCH3 is 1. The minimum atomic E-state index is -3.04. The Labute approximate surface area is 58.6 Å². The average molecular weight is 171 g/mol. The summed E-state index contributed by atoms with van der Waals surface area (Å²) >= 11 is -3.04. The number of alkyl halides is 1. The molecule has 0 amide bonds. The Hall–Kier alpha value is -0.530. The molecule has 0 aromatic carbocycles. The standard InChI is InChI=1S/C3H5FO5S/c1-8-3(5)2(4)9-10(6)7/h2H,1H3,(H,6,7)/p-1. The highest BCUT2D eigenvalue weighted by Gasteiger charge is 2.18. The predicted octanol–water partition coefficient (Wildman–Crippen LogP) is -0.734. The third kappa shape index (κ3) is 3.49. The van der Waals surface area contributed by atoms with Crippen LogP contribution in [-0.4, -0.2) is 28.2 Å². The molecule has 0 aromatic rings. The number of esters is 1. The summed E-state index contributed by atoms with van der Waals surface area (Å²) in [5.74, 6) is -1.38. The number of halogens is 1. The second kappa shape index (κ2) is 4.31. The Balaban J connectivity index is 3.72. The Morgan fingerprint density at radius 3 is 2.60 bits per heavy atom. The molecule has 0 aliphatic rings. The molecule has 0 heterocycles. The highest BCUT2D eigenvalue weighted by molar-refractivity contribution is 7.74. The Morgan fingerprint density at radius 2 is 2.30 bits per heavy atom. The first-order valence-electron chi connectivity index (χ1n) is 2.06. The van der Waals surface area contributed by atoms with Gasteiger partial charge in [0.2, 0.25) is 0 Å². The molecule has 0 rings (SSSR count). The van der Waals surface area contributed by atoms with Gasteiger partial charge >= 0.3 is 12.3 Å². The smallest absolute Gasteiger partial charge is 0.369 e. The molecular formula is C3H4FO5S-. The Morgan fingerprint density at radius 1 is 1.80 bits per heavy atom. The summed E-state index contributed by atoms with van der Waals surface area (Å²) in [7, 11) is 0.909. The largest absolute Gasteiger partial charge is 0.750 e. The molecule has 7 heteroatoms. The van der Waals surface area contributed by atoms with Crippen LogP contribution in [0.5, 0.6) is 0 Å². The van der Waals surface area contributed by atoms with E-state index in [1.807, 2.05) is 0 Å². The van der Waals surface area contributed by atoms with Gasteiger partial charge in [0.1, 0.15) is 0 Å². The molecule has 0 aliphatic heterocycles. The lowest BCUT2D eigenvalue weighted by Crippen LogP contribution is -2.21. The van der Waals surface area contributed by atoms with Crippen LogP contribution in [0, 0.1) is 0 Å². The van der Waals surface area contributed by atoms with E-state index < -0.39 is 23.7 Å². The normalized spacial score (nSPS) is 15.9. The van der Waals surface area contributed by atoms with E-state index >= 15 is 0 Å². The molecule has 0 spiro atoms. The van der Waals surface area contributed by atoms with Crippen LogP contribution in [0.3, 0.4) is 0 Å². The molecule has 60 valence electrons. The maximum Gasteiger partial charge on any atom is 0.369 e. The van der Waals surface area contributed by atoms with Gasteiger partial charge in [0, 0.05) is 0 Å². The highest BCUT2D eigenvalue weighted by atomic mass is 32.2. The third-order valence-electron chi connectivity index (χ3n) is 0.550. The van der Waals surface area contributed by atoms with Gasteiger partial charge in [-0.15, -0.1) is 0 Å². The monoisotopic (exact) mass is 171 g/mol. The van der Waals surface area contributed by atoms with E-state index in [0.717, 1.165) is 7.11 Å². The molecule has 0 aromatic heterocycles. The summed E-state index contributed by atoms with van der Waals surface area (Å²) in [6.45, 7) is 0. The molecule has 10 heavy (non-hydrogen) atoms. The number of hydrogen-bond acceptors (Lipinski definition) is 5. The number of hydrogen-bond donors (Lipinski definition) is 0. The van der Waals surface area contributed by atoms with Gasteiger partial charge in [-0.2, -0.15) is 0 Å². The summed E-state index contributed by atoms with van der Waals surface area (Å²) < 4.78 is 38.3. The lowest BCUT2D eigenvalue weighted by Gasteiger charge is -2.07.